The van der Waals surface area contributed by atoms with Crippen molar-refractivity contribution in [2.24, 2.45) is 11.8 Å². The van der Waals surface area contributed by atoms with Gasteiger partial charge in [-0.3, -0.25) is 10.1 Å². The molecular weight excluding hydrogens is 267 g/mol. The molecular formula is C17H23FN2O. The Hall–Kier alpha value is -1.42. The molecule has 0 spiro atoms. The number of hydrogen-bond acceptors (Lipinski definition) is 2. The van der Waals surface area contributed by atoms with Gasteiger partial charge in [-0.25, -0.2) is 4.39 Å². The standard InChI is InChI=1S/C17H23FN2O/c1-10(2)7-14-17(21)20(15-8-11(15)3)16(19-14)12-5-4-6-13(18)9-12/h4-6,9-11,14-16,19H,7-8H2,1-3H3. The Morgan fingerprint density at radius 1 is 1.43 bits per heavy atom. The molecule has 114 valence electrons. The van der Waals surface area contributed by atoms with Gasteiger partial charge < -0.3 is 4.90 Å². The van der Waals surface area contributed by atoms with Crippen LogP contribution >= 0.6 is 0 Å². The third-order valence-electron chi connectivity index (χ3n) is 4.49. The molecule has 2 aliphatic rings. The van der Waals surface area contributed by atoms with Crippen molar-refractivity contribution in [1.82, 2.24) is 10.2 Å². The summed E-state index contributed by atoms with van der Waals surface area (Å²) in [5, 5.41) is 3.42. The lowest BCUT2D eigenvalue weighted by Gasteiger charge is -2.25. The van der Waals surface area contributed by atoms with Gasteiger partial charge in [-0.05, 0) is 42.4 Å². The maximum atomic E-state index is 13.5. The second kappa shape index (κ2) is 5.41. The summed E-state index contributed by atoms with van der Waals surface area (Å²) in [5.41, 5.74) is 0.841. The molecule has 1 saturated heterocycles. The van der Waals surface area contributed by atoms with E-state index in [4.69, 9.17) is 0 Å². The summed E-state index contributed by atoms with van der Waals surface area (Å²) in [6, 6.07) is 6.73. The minimum absolute atomic E-state index is 0.147. The highest BCUT2D eigenvalue weighted by atomic mass is 19.1. The van der Waals surface area contributed by atoms with Crippen molar-refractivity contribution >= 4 is 5.91 Å². The average Bonchev–Trinajstić information content (AvgIpc) is 3.04. The second-order valence-corrected chi connectivity index (χ2v) is 6.83. The number of amides is 1. The minimum Gasteiger partial charge on any atom is -0.318 e. The first kappa shape index (κ1) is 14.5. The molecule has 1 saturated carbocycles. The molecule has 4 unspecified atom stereocenters. The van der Waals surface area contributed by atoms with Gasteiger partial charge in [0.25, 0.3) is 0 Å². The van der Waals surface area contributed by atoms with E-state index in [1.165, 1.54) is 12.1 Å². The number of hydrogen-bond donors (Lipinski definition) is 1. The Morgan fingerprint density at radius 3 is 2.71 bits per heavy atom. The fraction of sp³-hybridized carbons (Fsp3) is 0.588. The topological polar surface area (TPSA) is 32.3 Å². The van der Waals surface area contributed by atoms with Gasteiger partial charge >= 0.3 is 0 Å². The summed E-state index contributed by atoms with van der Waals surface area (Å²) in [4.78, 5) is 14.7. The van der Waals surface area contributed by atoms with Crippen molar-refractivity contribution in [2.45, 2.75) is 51.9 Å². The van der Waals surface area contributed by atoms with Crippen LogP contribution in [0.2, 0.25) is 0 Å². The van der Waals surface area contributed by atoms with Gasteiger partial charge in [0.05, 0.1) is 6.04 Å². The predicted molar refractivity (Wildman–Crippen MR) is 79.9 cm³/mol. The van der Waals surface area contributed by atoms with Gasteiger partial charge in [0.1, 0.15) is 12.0 Å². The van der Waals surface area contributed by atoms with E-state index in [0.29, 0.717) is 17.9 Å². The molecule has 3 nitrogen and oxygen atoms in total. The van der Waals surface area contributed by atoms with E-state index in [9.17, 15) is 9.18 Å². The van der Waals surface area contributed by atoms with Crippen molar-refractivity contribution in [3.05, 3.63) is 35.6 Å². The van der Waals surface area contributed by atoms with E-state index in [0.717, 1.165) is 18.4 Å². The van der Waals surface area contributed by atoms with Gasteiger partial charge in [-0.1, -0.05) is 32.9 Å². The maximum Gasteiger partial charge on any atom is 0.241 e. The molecule has 1 amide bonds. The minimum atomic E-state index is -0.252. The number of carbonyl (C=O) groups excluding carboxylic acids is 1. The van der Waals surface area contributed by atoms with Crippen LogP contribution < -0.4 is 5.32 Å². The summed E-state index contributed by atoms with van der Waals surface area (Å²) in [6.07, 6.45) is 1.68. The quantitative estimate of drug-likeness (QED) is 0.924. The normalized spacial score (nSPS) is 32.0. The molecule has 1 N–H and O–H groups in total. The number of carbonyl (C=O) groups is 1. The maximum absolute atomic E-state index is 13.5. The van der Waals surface area contributed by atoms with Crippen molar-refractivity contribution in [1.29, 1.82) is 0 Å². The number of benzene rings is 1. The molecule has 0 aromatic heterocycles. The zero-order chi connectivity index (χ0) is 15.1. The van der Waals surface area contributed by atoms with E-state index in [1.807, 2.05) is 11.0 Å². The van der Waals surface area contributed by atoms with Crippen LogP contribution in [0.3, 0.4) is 0 Å². The van der Waals surface area contributed by atoms with E-state index < -0.39 is 0 Å². The van der Waals surface area contributed by atoms with Gasteiger partial charge in [0.15, 0.2) is 0 Å². The molecule has 1 heterocycles. The van der Waals surface area contributed by atoms with E-state index in [-0.39, 0.29) is 23.9 Å². The molecule has 3 rings (SSSR count). The lowest BCUT2D eigenvalue weighted by Crippen LogP contribution is -2.34. The summed E-state index contributed by atoms with van der Waals surface area (Å²) in [7, 11) is 0. The van der Waals surface area contributed by atoms with Crippen molar-refractivity contribution in [3.8, 4) is 0 Å². The summed E-state index contributed by atoms with van der Waals surface area (Å²) in [5.74, 6) is 0.922. The van der Waals surface area contributed by atoms with Crippen LogP contribution in [0.1, 0.15) is 45.3 Å². The van der Waals surface area contributed by atoms with Crippen LogP contribution in [0, 0.1) is 17.7 Å². The Bertz CT molecular complexity index is 545. The number of nitrogens with zero attached hydrogens (tertiary/aromatic N) is 1. The molecule has 0 radical (unpaired) electrons. The van der Waals surface area contributed by atoms with Crippen molar-refractivity contribution in [2.75, 3.05) is 0 Å². The lowest BCUT2D eigenvalue weighted by atomic mass is 10.0. The first-order valence-electron chi connectivity index (χ1n) is 7.81. The Morgan fingerprint density at radius 2 is 2.14 bits per heavy atom. The van der Waals surface area contributed by atoms with E-state index >= 15 is 0 Å². The van der Waals surface area contributed by atoms with Crippen LogP contribution in [-0.4, -0.2) is 22.9 Å². The van der Waals surface area contributed by atoms with Gasteiger partial charge in [0, 0.05) is 6.04 Å². The first-order chi connectivity index (χ1) is 9.97. The first-order valence-corrected chi connectivity index (χ1v) is 7.81. The summed E-state index contributed by atoms with van der Waals surface area (Å²) in [6.45, 7) is 6.40. The van der Waals surface area contributed by atoms with E-state index in [1.54, 1.807) is 6.07 Å². The third-order valence-corrected chi connectivity index (χ3v) is 4.49. The smallest absolute Gasteiger partial charge is 0.241 e. The van der Waals surface area contributed by atoms with E-state index in [2.05, 4.69) is 26.1 Å². The van der Waals surface area contributed by atoms with Crippen LogP contribution in [0.4, 0.5) is 4.39 Å². The highest BCUT2D eigenvalue weighted by molar-refractivity contribution is 5.85. The number of rotatable bonds is 4. The van der Waals surface area contributed by atoms with Gasteiger partial charge in [-0.15, -0.1) is 0 Å². The number of nitrogens with one attached hydrogen (secondary N) is 1. The molecule has 1 aliphatic heterocycles. The monoisotopic (exact) mass is 290 g/mol. The lowest BCUT2D eigenvalue weighted by molar-refractivity contribution is -0.131. The van der Waals surface area contributed by atoms with Crippen molar-refractivity contribution < 1.29 is 9.18 Å². The molecule has 1 aromatic rings. The molecule has 2 fully saturated rings. The molecule has 1 aliphatic carbocycles. The highest BCUT2D eigenvalue weighted by Crippen LogP contribution is 2.42. The Labute approximate surface area is 125 Å². The average molecular weight is 290 g/mol. The Balaban J connectivity index is 1.88. The fourth-order valence-electron chi connectivity index (χ4n) is 3.27. The van der Waals surface area contributed by atoms with Crippen LogP contribution in [-0.2, 0) is 4.79 Å². The van der Waals surface area contributed by atoms with Crippen LogP contribution in [0.15, 0.2) is 24.3 Å². The van der Waals surface area contributed by atoms with Crippen molar-refractivity contribution in [3.63, 3.8) is 0 Å². The molecule has 1 aromatic carbocycles. The molecule has 4 atom stereocenters. The SMILES string of the molecule is CC(C)CC1NC(c2cccc(F)c2)N(C2CC2C)C1=O. The molecule has 21 heavy (non-hydrogen) atoms. The summed E-state index contributed by atoms with van der Waals surface area (Å²) < 4.78 is 13.5. The van der Waals surface area contributed by atoms with Crippen LogP contribution in [0.5, 0.6) is 0 Å². The predicted octanol–water partition coefficient (Wildman–Crippen LogP) is 3.08. The van der Waals surface area contributed by atoms with Gasteiger partial charge in [0.2, 0.25) is 5.91 Å². The zero-order valence-electron chi connectivity index (χ0n) is 12.8. The van der Waals surface area contributed by atoms with Crippen LogP contribution in [0.25, 0.3) is 0 Å². The highest BCUT2D eigenvalue weighted by Gasteiger charge is 2.50. The zero-order valence-corrected chi connectivity index (χ0v) is 12.8. The number of halogens is 1. The third kappa shape index (κ3) is 2.82. The fourth-order valence-corrected chi connectivity index (χ4v) is 3.27. The largest absolute Gasteiger partial charge is 0.318 e. The summed E-state index contributed by atoms with van der Waals surface area (Å²) >= 11 is 0. The Kier molecular flexibility index (Phi) is 3.74. The molecule has 0 bridgehead atoms. The molecule has 4 heteroatoms. The second-order valence-electron chi connectivity index (χ2n) is 6.83. The van der Waals surface area contributed by atoms with Gasteiger partial charge in [-0.2, -0.15) is 0 Å².